The monoisotopic (exact) mass is 318 g/mol. The standard InChI is InChI=1S/C16H18N2O3S/c17-10-16(6-1-2-7-16)18-14(19)9-21-15(20)13-8-11-4-3-5-12(11)22-13/h8H,1-7,9H2,(H,18,19). The zero-order chi connectivity index (χ0) is 15.6. The van der Waals surface area contributed by atoms with Gasteiger partial charge in [-0.15, -0.1) is 11.3 Å². The molecule has 0 bridgehead atoms. The van der Waals surface area contributed by atoms with Gasteiger partial charge in [-0.3, -0.25) is 4.79 Å². The molecule has 1 aromatic rings. The van der Waals surface area contributed by atoms with Crippen LogP contribution in [0.5, 0.6) is 0 Å². The molecule has 3 rings (SSSR count). The van der Waals surface area contributed by atoms with Crippen molar-refractivity contribution in [2.24, 2.45) is 0 Å². The molecule has 0 saturated heterocycles. The number of nitrogens with one attached hydrogen (secondary N) is 1. The summed E-state index contributed by atoms with van der Waals surface area (Å²) in [6, 6.07) is 4.06. The van der Waals surface area contributed by atoms with Gasteiger partial charge in [0.15, 0.2) is 6.61 Å². The summed E-state index contributed by atoms with van der Waals surface area (Å²) >= 11 is 1.46. The second-order valence-corrected chi connectivity index (χ2v) is 7.07. The van der Waals surface area contributed by atoms with E-state index in [0.717, 1.165) is 32.1 Å². The van der Waals surface area contributed by atoms with E-state index < -0.39 is 17.4 Å². The first-order valence-electron chi connectivity index (χ1n) is 7.63. The number of nitrogens with zero attached hydrogens (tertiary/aromatic N) is 1. The minimum absolute atomic E-state index is 0.329. The summed E-state index contributed by atoms with van der Waals surface area (Å²) in [5.74, 6) is -0.854. The Labute approximate surface area is 133 Å². The predicted octanol–water partition coefficient (Wildman–Crippen LogP) is 2.35. The largest absolute Gasteiger partial charge is 0.451 e. The highest BCUT2D eigenvalue weighted by Crippen LogP contribution is 2.31. The lowest BCUT2D eigenvalue weighted by molar-refractivity contribution is -0.125. The Morgan fingerprint density at radius 3 is 2.77 bits per heavy atom. The van der Waals surface area contributed by atoms with Gasteiger partial charge in [-0.05, 0) is 56.6 Å². The van der Waals surface area contributed by atoms with Crippen molar-refractivity contribution >= 4 is 23.2 Å². The maximum atomic E-state index is 12.0. The molecule has 1 saturated carbocycles. The Balaban J connectivity index is 1.52. The number of aryl methyl sites for hydroxylation is 2. The van der Waals surface area contributed by atoms with Crippen molar-refractivity contribution in [1.82, 2.24) is 5.32 Å². The van der Waals surface area contributed by atoms with E-state index in [1.807, 2.05) is 6.07 Å². The Kier molecular flexibility index (Phi) is 4.16. The van der Waals surface area contributed by atoms with Crippen molar-refractivity contribution < 1.29 is 14.3 Å². The molecule has 1 amide bonds. The van der Waals surface area contributed by atoms with Crippen molar-refractivity contribution in [3.8, 4) is 6.07 Å². The maximum Gasteiger partial charge on any atom is 0.348 e. The number of thiophene rings is 1. The van der Waals surface area contributed by atoms with Gasteiger partial charge in [0, 0.05) is 4.88 Å². The third-order valence-corrected chi connectivity index (χ3v) is 5.55. The lowest BCUT2D eigenvalue weighted by atomic mass is 10.00. The number of esters is 1. The SMILES string of the molecule is N#CC1(NC(=O)COC(=O)c2cc3c(s2)CCC3)CCCC1. The number of carbonyl (C=O) groups is 2. The van der Waals surface area contributed by atoms with E-state index in [1.165, 1.54) is 21.8 Å². The molecule has 0 unspecified atom stereocenters. The Morgan fingerprint density at radius 2 is 2.09 bits per heavy atom. The van der Waals surface area contributed by atoms with Crippen LogP contribution in [0.25, 0.3) is 0 Å². The van der Waals surface area contributed by atoms with E-state index in [2.05, 4.69) is 11.4 Å². The Hall–Kier alpha value is -1.87. The Bertz CT molecular complexity index is 617. The normalized spacial score (nSPS) is 18.5. The lowest BCUT2D eigenvalue weighted by Crippen LogP contribution is -2.46. The van der Waals surface area contributed by atoms with Crippen molar-refractivity contribution in [3.05, 3.63) is 21.4 Å². The molecule has 1 aromatic heterocycles. The number of carbonyl (C=O) groups excluding carboxylic acids is 2. The summed E-state index contributed by atoms with van der Waals surface area (Å²) in [7, 11) is 0. The van der Waals surface area contributed by atoms with Gasteiger partial charge in [0.1, 0.15) is 10.4 Å². The molecule has 2 aliphatic rings. The van der Waals surface area contributed by atoms with Crippen LogP contribution in [0.3, 0.4) is 0 Å². The molecule has 0 aliphatic heterocycles. The van der Waals surface area contributed by atoms with Crippen molar-refractivity contribution in [2.45, 2.75) is 50.5 Å². The van der Waals surface area contributed by atoms with E-state index in [0.29, 0.717) is 17.7 Å². The summed E-state index contributed by atoms with van der Waals surface area (Å²) in [4.78, 5) is 25.7. The quantitative estimate of drug-likeness (QED) is 0.864. The molecule has 2 aliphatic carbocycles. The molecule has 0 atom stereocenters. The van der Waals surface area contributed by atoms with Crippen LogP contribution >= 0.6 is 11.3 Å². The van der Waals surface area contributed by atoms with Crippen molar-refractivity contribution in [3.63, 3.8) is 0 Å². The number of amides is 1. The summed E-state index contributed by atoms with van der Waals surface area (Å²) < 4.78 is 5.08. The molecular weight excluding hydrogens is 300 g/mol. The van der Waals surface area contributed by atoms with Crippen LogP contribution in [-0.2, 0) is 22.4 Å². The number of rotatable bonds is 4. The van der Waals surface area contributed by atoms with Crippen LogP contribution in [0.15, 0.2) is 6.07 Å². The number of hydrogen-bond donors (Lipinski definition) is 1. The zero-order valence-corrected chi connectivity index (χ0v) is 13.1. The zero-order valence-electron chi connectivity index (χ0n) is 12.3. The first-order valence-corrected chi connectivity index (χ1v) is 8.44. The summed E-state index contributed by atoms with van der Waals surface area (Å²) in [6.07, 6.45) is 6.41. The van der Waals surface area contributed by atoms with Crippen molar-refractivity contribution in [2.75, 3.05) is 6.61 Å². The highest BCUT2D eigenvalue weighted by Gasteiger charge is 2.35. The molecule has 1 fully saturated rings. The third kappa shape index (κ3) is 3.00. The van der Waals surface area contributed by atoms with Crippen LogP contribution in [0.4, 0.5) is 0 Å². The highest BCUT2D eigenvalue weighted by molar-refractivity contribution is 7.14. The lowest BCUT2D eigenvalue weighted by Gasteiger charge is -2.21. The average Bonchev–Trinajstić information content (AvgIpc) is 3.20. The van der Waals surface area contributed by atoms with Crippen LogP contribution in [0, 0.1) is 11.3 Å². The van der Waals surface area contributed by atoms with Crippen LogP contribution < -0.4 is 5.32 Å². The first-order chi connectivity index (χ1) is 10.6. The van der Waals surface area contributed by atoms with Gasteiger partial charge >= 0.3 is 5.97 Å². The average molecular weight is 318 g/mol. The molecule has 6 heteroatoms. The van der Waals surface area contributed by atoms with Gasteiger partial charge in [-0.25, -0.2) is 4.79 Å². The van der Waals surface area contributed by atoms with Crippen LogP contribution in [0.2, 0.25) is 0 Å². The minimum Gasteiger partial charge on any atom is -0.451 e. The van der Waals surface area contributed by atoms with Gasteiger partial charge in [-0.2, -0.15) is 5.26 Å². The fourth-order valence-corrected chi connectivity index (χ4v) is 4.33. The third-order valence-electron chi connectivity index (χ3n) is 4.33. The first kappa shape index (κ1) is 15.0. The summed E-state index contributed by atoms with van der Waals surface area (Å²) in [5, 5.41) is 11.9. The van der Waals surface area contributed by atoms with E-state index in [1.54, 1.807) is 0 Å². The molecule has 1 N–H and O–H groups in total. The van der Waals surface area contributed by atoms with Gasteiger partial charge in [0.2, 0.25) is 0 Å². The van der Waals surface area contributed by atoms with Crippen LogP contribution in [-0.4, -0.2) is 24.0 Å². The molecular formula is C16H18N2O3S. The van der Waals surface area contributed by atoms with Gasteiger partial charge in [-0.1, -0.05) is 0 Å². The number of fused-ring (bicyclic) bond motifs is 1. The number of hydrogen-bond acceptors (Lipinski definition) is 5. The van der Waals surface area contributed by atoms with E-state index in [9.17, 15) is 14.9 Å². The summed E-state index contributed by atoms with van der Waals surface area (Å²) in [5.41, 5.74) is 0.462. The topological polar surface area (TPSA) is 79.2 Å². The molecule has 116 valence electrons. The predicted molar refractivity (Wildman–Crippen MR) is 81.6 cm³/mol. The Morgan fingerprint density at radius 1 is 1.32 bits per heavy atom. The second-order valence-electron chi connectivity index (χ2n) is 5.94. The van der Waals surface area contributed by atoms with E-state index in [4.69, 9.17) is 4.74 Å². The van der Waals surface area contributed by atoms with E-state index >= 15 is 0 Å². The fourth-order valence-electron chi connectivity index (χ4n) is 3.18. The van der Waals surface area contributed by atoms with Crippen LogP contribution in [0.1, 0.15) is 52.2 Å². The van der Waals surface area contributed by atoms with Crippen molar-refractivity contribution in [1.29, 1.82) is 5.26 Å². The number of nitriles is 1. The molecule has 22 heavy (non-hydrogen) atoms. The fraction of sp³-hybridized carbons (Fsp3) is 0.562. The smallest absolute Gasteiger partial charge is 0.348 e. The number of ether oxygens (including phenoxy) is 1. The molecule has 5 nitrogen and oxygen atoms in total. The molecule has 0 aromatic carbocycles. The minimum atomic E-state index is -0.770. The molecule has 0 radical (unpaired) electrons. The van der Waals surface area contributed by atoms with Gasteiger partial charge in [0.05, 0.1) is 6.07 Å². The second kappa shape index (κ2) is 6.09. The summed E-state index contributed by atoms with van der Waals surface area (Å²) in [6.45, 7) is -0.329. The maximum absolute atomic E-state index is 12.0. The molecule has 1 heterocycles. The van der Waals surface area contributed by atoms with E-state index in [-0.39, 0.29) is 6.61 Å². The van der Waals surface area contributed by atoms with Gasteiger partial charge < -0.3 is 10.1 Å². The highest BCUT2D eigenvalue weighted by atomic mass is 32.1. The molecule has 0 spiro atoms. The van der Waals surface area contributed by atoms with Gasteiger partial charge in [0.25, 0.3) is 5.91 Å².